The molecule has 1 aromatic carbocycles. The largest absolute Gasteiger partial charge is 0.497 e. The second-order valence-electron chi connectivity index (χ2n) is 5.32. The molecule has 0 heterocycles. The maximum absolute atomic E-state index is 10.5. The third-order valence-corrected chi connectivity index (χ3v) is 2.92. The van der Waals surface area contributed by atoms with Crippen LogP contribution in [0, 0.1) is 0 Å². The maximum Gasteiger partial charge on any atom is 0.126 e. The van der Waals surface area contributed by atoms with E-state index < -0.39 is 0 Å². The molecule has 3 heteroatoms. The van der Waals surface area contributed by atoms with Crippen molar-refractivity contribution in [2.24, 2.45) is 0 Å². The van der Waals surface area contributed by atoms with Gasteiger partial charge in [0, 0.05) is 12.0 Å². The van der Waals surface area contributed by atoms with Crippen LogP contribution in [0.4, 0.5) is 0 Å². The third kappa shape index (κ3) is 3.25. The highest BCUT2D eigenvalue weighted by Crippen LogP contribution is 2.37. The first-order valence-corrected chi connectivity index (χ1v) is 6.13. The first-order chi connectivity index (χ1) is 8.43. The van der Waals surface area contributed by atoms with E-state index in [0.717, 1.165) is 28.9 Å². The number of rotatable bonds is 5. The quantitative estimate of drug-likeness (QED) is 0.753. The molecule has 0 spiro atoms. The van der Waals surface area contributed by atoms with Crippen LogP contribution < -0.4 is 9.47 Å². The summed E-state index contributed by atoms with van der Waals surface area (Å²) in [5, 5.41) is 0. The molecule has 0 aromatic heterocycles. The van der Waals surface area contributed by atoms with Gasteiger partial charge in [0.25, 0.3) is 0 Å². The molecule has 0 bridgehead atoms. The summed E-state index contributed by atoms with van der Waals surface area (Å²) in [6.45, 7) is 6.40. The molecular weight excluding hydrogens is 228 g/mol. The number of methoxy groups -OCH3 is 2. The second kappa shape index (κ2) is 5.89. The minimum absolute atomic E-state index is 0.0319. The molecule has 0 saturated carbocycles. The Labute approximate surface area is 109 Å². The summed E-state index contributed by atoms with van der Waals surface area (Å²) in [4.78, 5) is 10.5. The highest BCUT2D eigenvalue weighted by atomic mass is 16.5. The first-order valence-electron chi connectivity index (χ1n) is 6.13. The SMILES string of the molecule is COc1cc(CCC=O)c(OC)c(C(C)(C)C)c1. The van der Waals surface area contributed by atoms with E-state index in [1.165, 1.54) is 0 Å². The highest BCUT2D eigenvalue weighted by molar-refractivity contribution is 5.54. The van der Waals surface area contributed by atoms with E-state index in [1.54, 1.807) is 14.2 Å². The Hall–Kier alpha value is -1.51. The first kappa shape index (κ1) is 14.6. The molecule has 0 radical (unpaired) electrons. The second-order valence-corrected chi connectivity index (χ2v) is 5.32. The molecule has 0 N–H and O–H groups in total. The summed E-state index contributed by atoms with van der Waals surface area (Å²) in [6.07, 6.45) is 2.09. The smallest absolute Gasteiger partial charge is 0.126 e. The Morgan fingerprint density at radius 2 is 1.83 bits per heavy atom. The molecular formula is C15H22O3. The predicted molar refractivity (Wildman–Crippen MR) is 72.6 cm³/mol. The molecule has 1 aromatic rings. The van der Waals surface area contributed by atoms with Gasteiger partial charge >= 0.3 is 0 Å². The van der Waals surface area contributed by atoms with Gasteiger partial charge in [-0.25, -0.2) is 0 Å². The molecule has 0 saturated heterocycles. The Morgan fingerprint density at radius 1 is 1.17 bits per heavy atom. The summed E-state index contributed by atoms with van der Waals surface area (Å²) >= 11 is 0. The van der Waals surface area contributed by atoms with Crippen molar-refractivity contribution >= 4 is 6.29 Å². The molecule has 3 nitrogen and oxygen atoms in total. The van der Waals surface area contributed by atoms with Gasteiger partial charge in [0.15, 0.2) is 0 Å². The van der Waals surface area contributed by atoms with Crippen LogP contribution in [0.2, 0.25) is 0 Å². The lowest BCUT2D eigenvalue weighted by molar-refractivity contribution is -0.107. The molecule has 0 aliphatic carbocycles. The summed E-state index contributed by atoms with van der Waals surface area (Å²) in [5.41, 5.74) is 2.09. The number of carbonyl (C=O) groups is 1. The summed E-state index contributed by atoms with van der Waals surface area (Å²) < 4.78 is 10.9. The molecule has 0 aliphatic heterocycles. The molecule has 18 heavy (non-hydrogen) atoms. The van der Waals surface area contributed by atoms with Crippen LogP contribution in [-0.2, 0) is 16.6 Å². The van der Waals surface area contributed by atoms with Crippen molar-refractivity contribution in [3.63, 3.8) is 0 Å². The number of hydrogen-bond acceptors (Lipinski definition) is 3. The van der Waals surface area contributed by atoms with E-state index in [0.29, 0.717) is 12.8 Å². The van der Waals surface area contributed by atoms with Crippen molar-refractivity contribution in [2.45, 2.75) is 39.0 Å². The zero-order chi connectivity index (χ0) is 13.8. The zero-order valence-corrected chi connectivity index (χ0v) is 11.9. The van der Waals surface area contributed by atoms with Crippen LogP contribution in [0.25, 0.3) is 0 Å². The average molecular weight is 250 g/mol. The average Bonchev–Trinajstić information content (AvgIpc) is 2.33. The Kier molecular flexibility index (Phi) is 4.76. The summed E-state index contributed by atoms with van der Waals surface area (Å²) in [6, 6.07) is 3.95. The highest BCUT2D eigenvalue weighted by Gasteiger charge is 2.22. The van der Waals surface area contributed by atoms with Crippen LogP contribution in [0.5, 0.6) is 11.5 Å². The monoisotopic (exact) mass is 250 g/mol. The van der Waals surface area contributed by atoms with Crippen LogP contribution in [0.1, 0.15) is 38.3 Å². The van der Waals surface area contributed by atoms with Gasteiger partial charge in [-0.05, 0) is 29.5 Å². The Balaban J connectivity index is 3.34. The normalized spacial score (nSPS) is 11.2. The van der Waals surface area contributed by atoms with Crippen molar-refractivity contribution in [3.05, 3.63) is 23.3 Å². The van der Waals surface area contributed by atoms with E-state index in [4.69, 9.17) is 9.47 Å². The molecule has 1 rings (SSSR count). The molecule has 100 valence electrons. The van der Waals surface area contributed by atoms with Gasteiger partial charge < -0.3 is 14.3 Å². The van der Waals surface area contributed by atoms with Crippen LogP contribution in [0.15, 0.2) is 12.1 Å². The third-order valence-electron chi connectivity index (χ3n) is 2.92. The van der Waals surface area contributed by atoms with E-state index in [9.17, 15) is 4.79 Å². The van der Waals surface area contributed by atoms with Gasteiger partial charge in [0.1, 0.15) is 17.8 Å². The number of ether oxygens (including phenoxy) is 2. The maximum atomic E-state index is 10.5. The van der Waals surface area contributed by atoms with Gasteiger partial charge in [0.05, 0.1) is 14.2 Å². The van der Waals surface area contributed by atoms with E-state index >= 15 is 0 Å². The van der Waals surface area contributed by atoms with Gasteiger partial charge in [0.2, 0.25) is 0 Å². The van der Waals surface area contributed by atoms with Gasteiger partial charge in [-0.1, -0.05) is 20.8 Å². The number of aldehydes is 1. The molecule has 0 unspecified atom stereocenters. The van der Waals surface area contributed by atoms with Crippen LogP contribution in [0.3, 0.4) is 0 Å². The number of benzene rings is 1. The number of carbonyl (C=O) groups excluding carboxylic acids is 1. The zero-order valence-electron chi connectivity index (χ0n) is 11.9. The lowest BCUT2D eigenvalue weighted by Crippen LogP contribution is -2.14. The van der Waals surface area contributed by atoms with Gasteiger partial charge in [-0.2, -0.15) is 0 Å². The van der Waals surface area contributed by atoms with Crippen LogP contribution >= 0.6 is 0 Å². The topological polar surface area (TPSA) is 35.5 Å². The van der Waals surface area contributed by atoms with Crippen LogP contribution in [-0.4, -0.2) is 20.5 Å². The molecule has 0 atom stereocenters. The molecule has 0 amide bonds. The van der Waals surface area contributed by atoms with Crippen molar-refractivity contribution in [1.29, 1.82) is 0 Å². The van der Waals surface area contributed by atoms with Gasteiger partial charge in [-0.3, -0.25) is 0 Å². The fraction of sp³-hybridized carbons (Fsp3) is 0.533. The van der Waals surface area contributed by atoms with Crippen molar-refractivity contribution in [1.82, 2.24) is 0 Å². The van der Waals surface area contributed by atoms with E-state index in [-0.39, 0.29) is 5.41 Å². The van der Waals surface area contributed by atoms with E-state index in [2.05, 4.69) is 20.8 Å². The van der Waals surface area contributed by atoms with E-state index in [1.807, 2.05) is 12.1 Å². The van der Waals surface area contributed by atoms with Gasteiger partial charge in [-0.15, -0.1) is 0 Å². The minimum Gasteiger partial charge on any atom is -0.497 e. The number of hydrogen-bond donors (Lipinski definition) is 0. The summed E-state index contributed by atoms with van der Waals surface area (Å²) in [5.74, 6) is 1.67. The fourth-order valence-electron chi connectivity index (χ4n) is 1.98. The predicted octanol–water partition coefficient (Wildman–Crippen LogP) is 3.13. The Bertz CT molecular complexity index is 416. The minimum atomic E-state index is -0.0319. The van der Waals surface area contributed by atoms with Crippen molar-refractivity contribution < 1.29 is 14.3 Å². The van der Waals surface area contributed by atoms with Crippen molar-refractivity contribution in [3.8, 4) is 11.5 Å². The lowest BCUT2D eigenvalue weighted by Gasteiger charge is -2.24. The molecule has 0 fully saturated rings. The lowest BCUT2D eigenvalue weighted by atomic mass is 9.84. The number of aryl methyl sites for hydroxylation is 1. The van der Waals surface area contributed by atoms with Crippen molar-refractivity contribution in [2.75, 3.05) is 14.2 Å². The fourth-order valence-corrected chi connectivity index (χ4v) is 1.98. The Morgan fingerprint density at radius 3 is 2.28 bits per heavy atom. The summed E-state index contributed by atoms with van der Waals surface area (Å²) in [7, 11) is 3.32. The molecule has 0 aliphatic rings. The standard InChI is InChI=1S/C15H22O3/c1-15(2,3)13-10-12(17-4)9-11(7-6-8-16)14(13)18-5/h8-10H,6-7H2,1-5H3.